The minimum absolute atomic E-state index is 0.141. The molecule has 2 N–H and O–H groups in total. The van der Waals surface area contributed by atoms with Crippen molar-refractivity contribution in [2.45, 2.75) is 180 Å². The van der Waals surface area contributed by atoms with Crippen molar-refractivity contribution in [3.05, 3.63) is 48.6 Å². The molecule has 0 aliphatic heterocycles. The summed E-state index contributed by atoms with van der Waals surface area (Å²) in [4.78, 5) is 23.9. The summed E-state index contributed by atoms with van der Waals surface area (Å²) in [6.07, 6.45) is 40.8. The molecule has 0 heterocycles. The molecule has 2 atom stereocenters. The summed E-state index contributed by atoms with van der Waals surface area (Å²) in [6.45, 7) is 4.05. The zero-order valence-electron chi connectivity index (χ0n) is 29.7. The Balaban J connectivity index is 3.57. The number of hydrogen-bond donors (Lipinski definition) is 2. The van der Waals surface area contributed by atoms with Gasteiger partial charge in [0.1, 0.15) is 19.3 Å². The van der Waals surface area contributed by atoms with E-state index in [0.717, 1.165) is 64.2 Å². The number of aliphatic hydroxyl groups excluding tert-OH is 2. The Hall–Kier alpha value is -2.18. The second-order valence-electron chi connectivity index (χ2n) is 12.5. The molecule has 0 aliphatic carbocycles. The minimum Gasteiger partial charge on any atom is -0.463 e. The maximum Gasteiger partial charge on any atom is 0.305 e. The first-order valence-electron chi connectivity index (χ1n) is 18.8. The molecule has 0 aliphatic rings. The van der Waals surface area contributed by atoms with E-state index in [1.807, 2.05) is 0 Å². The number of carbonyl (C=O) groups excluding carboxylic acids is 2. The van der Waals surface area contributed by atoms with E-state index in [1.54, 1.807) is 0 Å². The Morgan fingerprint density at radius 1 is 0.500 bits per heavy atom. The number of hydrogen-bond acceptors (Lipinski definition) is 6. The molecule has 0 fully saturated rings. The van der Waals surface area contributed by atoms with Crippen molar-refractivity contribution in [1.29, 1.82) is 0 Å². The fraction of sp³-hybridized carbons (Fsp3) is 0.750. The van der Waals surface area contributed by atoms with Gasteiger partial charge in [-0.25, -0.2) is 0 Å². The zero-order valence-corrected chi connectivity index (χ0v) is 29.7. The van der Waals surface area contributed by atoms with Crippen LogP contribution in [0, 0.1) is 0 Å². The van der Waals surface area contributed by atoms with E-state index >= 15 is 0 Å². The minimum atomic E-state index is -0.994. The molecular weight excluding hydrogens is 576 g/mol. The van der Waals surface area contributed by atoms with Crippen LogP contribution in [0.1, 0.15) is 168 Å². The molecule has 0 rings (SSSR count). The van der Waals surface area contributed by atoms with Crippen molar-refractivity contribution in [1.82, 2.24) is 0 Å². The highest BCUT2D eigenvalue weighted by molar-refractivity contribution is 5.69. The van der Waals surface area contributed by atoms with E-state index in [4.69, 9.17) is 9.47 Å². The van der Waals surface area contributed by atoms with Gasteiger partial charge in [-0.3, -0.25) is 9.59 Å². The molecule has 46 heavy (non-hydrogen) atoms. The first-order chi connectivity index (χ1) is 22.5. The van der Waals surface area contributed by atoms with Crippen LogP contribution in [0.2, 0.25) is 0 Å². The van der Waals surface area contributed by atoms with Gasteiger partial charge in [0.15, 0.2) is 0 Å². The van der Waals surface area contributed by atoms with Gasteiger partial charge in [-0.2, -0.15) is 0 Å². The summed E-state index contributed by atoms with van der Waals surface area (Å²) in [7, 11) is 0. The van der Waals surface area contributed by atoms with Crippen LogP contribution in [0.15, 0.2) is 48.6 Å². The molecular formula is C40H70O6. The lowest BCUT2D eigenvalue weighted by molar-refractivity contribution is -0.152. The van der Waals surface area contributed by atoms with Gasteiger partial charge >= 0.3 is 11.9 Å². The number of carbonyl (C=O) groups is 2. The van der Waals surface area contributed by atoms with Gasteiger partial charge in [-0.15, -0.1) is 0 Å². The Labute approximate surface area is 282 Å². The van der Waals surface area contributed by atoms with Crippen LogP contribution in [0.3, 0.4) is 0 Å². The predicted octanol–water partition coefficient (Wildman–Crippen LogP) is 10.4. The number of unbranched alkanes of at least 4 members (excludes halogenated alkanes) is 14. The predicted molar refractivity (Wildman–Crippen MR) is 193 cm³/mol. The maximum absolute atomic E-state index is 11.9. The Morgan fingerprint density at radius 2 is 0.913 bits per heavy atom. The first-order valence-corrected chi connectivity index (χ1v) is 18.8. The molecule has 0 saturated heterocycles. The van der Waals surface area contributed by atoms with E-state index in [2.05, 4.69) is 62.5 Å². The highest BCUT2D eigenvalue weighted by atomic mass is 16.6. The average Bonchev–Trinajstić information content (AvgIpc) is 3.04. The maximum atomic E-state index is 11.9. The van der Waals surface area contributed by atoms with Gasteiger partial charge in [-0.1, -0.05) is 152 Å². The van der Waals surface area contributed by atoms with E-state index < -0.39 is 6.10 Å². The molecule has 0 radical (unpaired) electrons. The van der Waals surface area contributed by atoms with Crippen LogP contribution in [0.4, 0.5) is 0 Å². The van der Waals surface area contributed by atoms with Crippen molar-refractivity contribution in [3.8, 4) is 0 Å². The van der Waals surface area contributed by atoms with Gasteiger partial charge in [0.25, 0.3) is 0 Å². The summed E-state index contributed by atoms with van der Waals surface area (Å²) in [5, 5.41) is 19.7. The quantitative estimate of drug-likeness (QED) is 0.0419. The number of allylic oxidation sites excluding steroid dienone is 7. The second-order valence-corrected chi connectivity index (χ2v) is 12.5. The Morgan fingerprint density at radius 3 is 1.39 bits per heavy atom. The van der Waals surface area contributed by atoms with Crippen LogP contribution >= 0.6 is 0 Å². The van der Waals surface area contributed by atoms with Gasteiger partial charge in [0.2, 0.25) is 0 Å². The fourth-order valence-corrected chi connectivity index (χ4v) is 5.03. The van der Waals surface area contributed by atoms with Crippen LogP contribution in [0.5, 0.6) is 0 Å². The summed E-state index contributed by atoms with van der Waals surface area (Å²) in [5.41, 5.74) is 0. The van der Waals surface area contributed by atoms with Gasteiger partial charge < -0.3 is 19.7 Å². The molecule has 266 valence electrons. The van der Waals surface area contributed by atoms with Crippen molar-refractivity contribution in [3.63, 3.8) is 0 Å². The highest BCUT2D eigenvalue weighted by Crippen LogP contribution is 2.13. The van der Waals surface area contributed by atoms with Gasteiger partial charge in [0, 0.05) is 12.8 Å². The lowest BCUT2D eigenvalue weighted by atomic mass is 10.0. The Kier molecular flexibility index (Phi) is 34.0. The largest absolute Gasteiger partial charge is 0.463 e. The lowest BCUT2D eigenvalue weighted by Gasteiger charge is -2.12. The van der Waals surface area contributed by atoms with Crippen molar-refractivity contribution in [2.75, 3.05) is 13.2 Å². The molecule has 0 aromatic heterocycles. The van der Waals surface area contributed by atoms with Crippen LogP contribution in [-0.4, -0.2) is 47.6 Å². The van der Waals surface area contributed by atoms with Crippen LogP contribution < -0.4 is 0 Å². The van der Waals surface area contributed by atoms with Gasteiger partial charge in [-0.05, 0) is 51.4 Å². The highest BCUT2D eigenvalue weighted by Gasteiger charge is 2.12. The second kappa shape index (κ2) is 35.7. The number of ether oxygens (including phenoxy) is 2. The van der Waals surface area contributed by atoms with Crippen molar-refractivity contribution in [2.24, 2.45) is 0 Å². The molecule has 6 nitrogen and oxygen atoms in total. The molecule has 0 spiro atoms. The first kappa shape index (κ1) is 43.8. The fourth-order valence-electron chi connectivity index (χ4n) is 5.03. The summed E-state index contributed by atoms with van der Waals surface area (Å²) in [5.74, 6) is -0.648. The molecule has 0 amide bonds. The van der Waals surface area contributed by atoms with E-state index in [0.29, 0.717) is 19.3 Å². The van der Waals surface area contributed by atoms with Gasteiger partial charge in [0.05, 0.1) is 6.10 Å². The van der Waals surface area contributed by atoms with E-state index in [1.165, 1.54) is 70.6 Å². The molecule has 6 heteroatoms. The lowest BCUT2D eigenvalue weighted by Crippen LogP contribution is -2.25. The van der Waals surface area contributed by atoms with Crippen molar-refractivity contribution < 1.29 is 29.3 Å². The monoisotopic (exact) mass is 647 g/mol. The van der Waals surface area contributed by atoms with E-state index in [-0.39, 0.29) is 31.3 Å². The zero-order chi connectivity index (χ0) is 33.8. The molecule has 0 bridgehead atoms. The number of aliphatic hydroxyl groups is 2. The smallest absolute Gasteiger partial charge is 0.305 e. The summed E-state index contributed by atoms with van der Waals surface area (Å²) in [6, 6.07) is 0. The van der Waals surface area contributed by atoms with Crippen molar-refractivity contribution >= 4 is 11.9 Å². The third kappa shape index (κ3) is 34.7. The summed E-state index contributed by atoms with van der Waals surface area (Å²) >= 11 is 0. The number of rotatable bonds is 33. The van der Waals surface area contributed by atoms with Crippen LogP contribution in [0.25, 0.3) is 0 Å². The SMILES string of the molecule is CCCCCCCCCCCCCCCCC(=O)OC[C@H](O)COC(=O)CCC/C=C\C/C=C\C/C=C\C/C=C\CC(O)CCC. The normalized spacial score (nSPS) is 13.4. The molecule has 0 aromatic rings. The third-order valence-corrected chi connectivity index (χ3v) is 7.87. The standard InChI is InChI=1S/C40H70O6/c1-3-5-6-7-8-9-10-11-14-17-20-23-26-29-33-39(43)45-35-38(42)36-46-40(44)34-30-27-24-21-18-15-12-13-16-19-22-25-28-32-37(41)31-4-2/h12,15-16,19,21,24-25,28,37-38,41-42H,3-11,13-14,17-18,20,22-23,26-27,29-36H2,1-2H3/b15-12-,19-16-,24-21-,28-25-/t37?,38-/m0/s1. The Bertz CT molecular complexity index is 800. The molecule has 1 unspecified atom stereocenters. The summed E-state index contributed by atoms with van der Waals surface area (Å²) < 4.78 is 10.3. The topological polar surface area (TPSA) is 93.1 Å². The van der Waals surface area contributed by atoms with E-state index in [9.17, 15) is 19.8 Å². The average molecular weight is 647 g/mol. The third-order valence-electron chi connectivity index (χ3n) is 7.87. The molecule has 0 aromatic carbocycles. The van der Waals surface area contributed by atoms with Crippen LogP contribution in [-0.2, 0) is 19.1 Å². The molecule has 0 saturated carbocycles. The number of esters is 2.